The maximum Gasteiger partial charge on any atom is 0.224 e. The van der Waals surface area contributed by atoms with Crippen molar-refractivity contribution in [1.82, 2.24) is 9.88 Å². The van der Waals surface area contributed by atoms with Gasteiger partial charge in [-0.1, -0.05) is 72.8 Å². The molecule has 3 aromatic carbocycles. The SMILES string of the molecule is O=C(CC(c1ccccc1)c1ccccc1)N1CCCC1c1nc2ccccc2s1. The molecule has 1 atom stereocenters. The Hall–Kier alpha value is -2.98. The van der Waals surface area contributed by atoms with Crippen LogP contribution in [-0.4, -0.2) is 22.3 Å². The number of amides is 1. The van der Waals surface area contributed by atoms with Crippen LogP contribution in [0.3, 0.4) is 0 Å². The van der Waals surface area contributed by atoms with E-state index in [1.54, 1.807) is 11.3 Å². The van der Waals surface area contributed by atoms with Crippen molar-refractivity contribution in [2.75, 3.05) is 6.54 Å². The van der Waals surface area contributed by atoms with Crippen molar-refractivity contribution in [3.8, 4) is 0 Å². The van der Waals surface area contributed by atoms with Crippen LogP contribution in [0.25, 0.3) is 10.2 Å². The van der Waals surface area contributed by atoms with Gasteiger partial charge in [0.05, 0.1) is 16.3 Å². The smallest absolute Gasteiger partial charge is 0.224 e. The number of aromatic nitrogens is 1. The van der Waals surface area contributed by atoms with Gasteiger partial charge in [0.1, 0.15) is 5.01 Å². The maximum absolute atomic E-state index is 13.5. The van der Waals surface area contributed by atoms with Crippen LogP contribution in [0.5, 0.6) is 0 Å². The molecular weight excluding hydrogens is 388 g/mol. The molecule has 1 amide bonds. The zero-order valence-electron chi connectivity index (χ0n) is 16.8. The number of likely N-dealkylation sites (tertiary alicyclic amines) is 1. The summed E-state index contributed by atoms with van der Waals surface area (Å²) in [6, 6.07) is 29.1. The summed E-state index contributed by atoms with van der Waals surface area (Å²) in [5.41, 5.74) is 3.41. The Morgan fingerprint density at radius 1 is 0.933 bits per heavy atom. The first kappa shape index (κ1) is 19.0. The second-order valence-corrected chi connectivity index (χ2v) is 8.91. The molecule has 2 heterocycles. The van der Waals surface area contributed by atoms with Gasteiger partial charge in [-0.2, -0.15) is 0 Å². The second kappa shape index (κ2) is 8.41. The average Bonchev–Trinajstić information content (AvgIpc) is 3.45. The summed E-state index contributed by atoms with van der Waals surface area (Å²) in [6.45, 7) is 0.815. The highest BCUT2D eigenvalue weighted by Crippen LogP contribution is 2.38. The topological polar surface area (TPSA) is 33.2 Å². The number of nitrogens with zero attached hydrogens (tertiary/aromatic N) is 2. The van der Waals surface area contributed by atoms with E-state index in [9.17, 15) is 4.79 Å². The van der Waals surface area contributed by atoms with Crippen LogP contribution < -0.4 is 0 Å². The quantitative estimate of drug-likeness (QED) is 0.392. The Bertz CT molecular complexity index is 1070. The average molecular weight is 413 g/mol. The van der Waals surface area contributed by atoms with Gasteiger partial charge in [-0.15, -0.1) is 11.3 Å². The fourth-order valence-corrected chi connectivity index (χ4v) is 5.56. The third-order valence-electron chi connectivity index (χ3n) is 5.95. The van der Waals surface area contributed by atoms with E-state index in [0.717, 1.165) is 29.9 Å². The normalized spacial score (nSPS) is 16.4. The Labute approximate surface area is 181 Å². The Balaban J connectivity index is 1.42. The van der Waals surface area contributed by atoms with Gasteiger partial charge in [0, 0.05) is 18.9 Å². The molecule has 0 bridgehead atoms. The van der Waals surface area contributed by atoms with Gasteiger partial charge in [0.15, 0.2) is 0 Å². The summed E-state index contributed by atoms with van der Waals surface area (Å²) >= 11 is 1.72. The highest BCUT2D eigenvalue weighted by atomic mass is 32.1. The monoisotopic (exact) mass is 412 g/mol. The standard InChI is InChI=1S/C26H24N2OS/c29-25(18-21(19-10-3-1-4-11-19)20-12-5-2-6-13-20)28-17-9-15-23(28)26-27-22-14-7-8-16-24(22)30-26/h1-8,10-14,16,21,23H,9,15,17-18H2. The summed E-state index contributed by atoms with van der Waals surface area (Å²) in [4.78, 5) is 20.4. The van der Waals surface area contributed by atoms with E-state index in [4.69, 9.17) is 4.98 Å². The van der Waals surface area contributed by atoms with Crippen LogP contribution in [0.15, 0.2) is 84.9 Å². The number of para-hydroxylation sites is 1. The Morgan fingerprint density at radius 2 is 1.57 bits per heavy atom. The molecule has 5 rings (SSSR count). The van der Waals surface area contributed by atoms with Crippen LogP contribution >= 0.6 is 11.3 Å². The minimum absolute atomic E-state index is 0.0662. The first-order valence-electron chi connectivity index (χ1n) is 10.5. The zero-order chi connectivity index (χ0) is 20.3. The van der Waals surface area contributed by atoms with E-state index in [2.05, 4.69) is 65.6 Å². The molecule has 1 fully saturated rings. The lowest BCUT2D eigenvalue weighted by atomic mass is 9.88. The summed E-state index contributed by atoms with van der Waals surface area (Å²) in [6.07, 6.45) is 2.51. The molecule has 150 valence electrons. The van der Waals surface area contributed by atoms with Crippen molar-refractivity contribution in [1.29, 1.82) is 0 Å². The fourth-order valence-electron chi connectivity index (χ4n) is 4.45. The summed E-state index contributed by atoms with van der Waals surface area (Å²) in [7, 11) is 0. The van der Waals surface area contributed by atoms with Gasteiger partial charge in [-0.05, 0) is 36.1 Å². The zero-order valence-corrected chi connectivity index (χ0v) is 17.6. The largest absolute Gasteiger partial charge is 0.333 e. The van der Waals surface area contributed by atoms with Crippen LogP contribution in [0.1, 0.15) is 47.4 Å². The predicted molar refractivity (Wildman–Crippen MR) is 123 cm³/mol. The van der Waals surface area contributed by atoms with Crippen LogP contribution in [0, 0.1) is 0 Å². The van der Waals surface area contributed by atoms with E-state index >= 15 is 0 Å². The molecule has 3 nitrogen and oxygen atoms in total. The predicted octanol–water partition coefficient (Wildman–Crippen LogP) is 6.18. The molecule has 30 heavy (non-hydrogen) atoms. The lowest BCUT2D eigenvalue weighted by molar-refractivity contribution is -0.132. The van der Waals surface area contributed by atoms with Crippen molar-refractivity contribution in [2.24, 2.45) is 0 Å². The van der Waals surface area contributed by atoms with Crippen molar-refractivity contribution >= 4 is 27.5 Å². The molecule has 0 aliphatic carbocycles. The number of carbonyl (C=O) groups is 1. The highest BCUT2D eigenvalue weighted by molar-refractivity contribution is 7.18. The first-order valence-corrected chi connectivity index (χ1v) is 11.4. The van der Waals surface area contributed by atoms with Gasteiger partial charge in [0.2, 0.25) is 5.91 Å². The molecule has 1 unspecified atom stereocenters. The molecule has 4 aromatic rings. The molecule has 0 spiro atoms. The molecular formula is C26H24N2OS. The van der Waals surface area contributed by atoms with E-state index in [1.807, 2.05) is 24.3 Å². The number of thiazole rings is 1. The third-order valence-corrected chi connectivity index (χ3v) is 7.09. The number of benzene rings is 3. The van der Waals surface area contributed by atoms with E-state index in [1.165, 1.54) is 15.8 Å². The van der Waals surface area contributed by atoms with Crippen LogP contribution in [-0.2, 0) is 4.79 Å². The summed E-state index contributed by atoms with van der Waals surface area (Å²) in [5.74, 6) is 0.283. The minimum atomic E-state index is 0.0662. The fraction of sp³-hybridized carbons (Fsp3) is 0.231. The van der Waals surface area contributed by atoms with Gasteiger partial charge in [-0.25, -0.2) is 4.98 Å². The Morgan fingerprint density at radius 3 is 2.23 bits per heavy atom. The summed E-state index contributed by atoms with van der Waals surface area (Å²) < 4.78 is 1.19. The van der Waals surface area contributed by atoms with E-state index in [-0.39, 0.29) is 17.9 Å². The Kier molecular flexibility index (Phi) is 5.33. The van der Waals surface area contributed by atoms with Crippen LogP contribution in [0.2, 0.25) is 0 Å². The molecule has 0 saturated carbocycles. The molecule has 0 radical (unpaired) electrons. The maximum atomic E-state index is 13.5. The van der Waals surface area contributed by atoms with Gasteiger partial charge >= 0.3 is 0 Å². The van der Waals surface area contributed by atoms with Crippen molar-refractivity contribution in [3.05, 3.63) is 101 Å². The second-order valence-electron chi connectivity index (χ2n) is 7.84. The molecule has 4 heteroatoms. The molecule has 0 N–H and O–H groups in total. The van der Waals surface area contributed by atoms with Crippen molar-refractivity contribution in [3.63, 3.8) is 0 Å². The lowest BCUT2D eigenvalue weighted by Crippen LogP contribution is -2.31. The van der Waals surface area contributed by atoms with Gasteiger partial charge < -0.3 is 4.90 Å². The molecule has 1 aliphatic heterocycles. The van der Waals surface area contributed by atoms with Gasteiger partial charge in [-0.3, -0.25) is 4.79 Å². The minimum Gasteiger partial charge on any atom is -0.333 e. The first-order chi connectivity index (χ1) is 14.8. The lowest BCUT2D eigenvalue weighted by Gasteiger charge is -2.26. The number of carbonyl (C=O) groups excluding carboxylic acids is 1. The summed E-state index contributed by atoms with van der Waals surface area (Å²) in [5, 5.41) is 1.07. The van der Waals surface area contributed by atoms with E-state index < -0.39 is 0 Å². The number of hydrogen-bond donors (Lipinski definition) is 0. The highest BCUT2D eigenvalue weighted by Gasteiger charge is 2.33. The number of hydrogen-bond acceptors (Lipinski definition) is 3. The molecule has 1 aliphatic rings. The van der Waals surface area contributed by atoms with Gasteiger partial charge in [0.25, 0.3) is 0 Å². The van der Waals surface area contributed by atoms with Crippen LogP contribution in [0.4, 0.5) is 0 Å². The van der Waals surface area contributed by atoms with E-state index in [0.29, 0.717) is 6.42 Å². The molecule has 1 saturated heterocycles. The number of rotatable bonds is 5. The number of fused-ring (bicyclic) bond motifs is 1. The van der Waals surface area contributed by atoms with Crippen molar-refractivity contribution < 1.29 is 4.79 Å². The third kappa shape index (κ3) is 3.75. The van der Waals surface area contributed by atoms with Crippen molar-refractivity contribution in [2.45, 2.75) is 31.2 Å². The molecule has 1 aromatic heterocycles.